The second kappa shape index (κ2) is 7.29. The molecule has 0 aromatic heterocycles. The number of piperidine rings is 1. The molecular weight excluding hydrogens is 285 g/mol. The van der Waals surface area contributed by atoms with Crippen LogP contribution in [0.5, 0.6) is 0 Å². The second-order valence-corrected chi connectivity index (χ2v) is 6.16. The Hall–Kier alpha value is -1.04. The normalized spacial score (nSPS) is 17.3. The van der Waals surface area contributed by atoms with Gasteiger partial charge in [0, 0.05) is 23.7 Å². The molecule has 0 bridgehead atoms. The Morgan fingerprint density at radius 3 is 2.67 bits per heavy atom. The van der Waals surface area contributed by atoms with Crippen molar-refractivity contribution in [1.82, 2.24) is 9.80 Å². The van der Waals surface area contributed by atoms with E-state index in [1.807, 2.05) is 12.1 Å². The van der Waals surface area contributed by atoms with Gasteiger partial charge in [-0.05, 0) is 45.6 Å². The number of hydrogen-bond acceptors (Lipinski definition) is 3. The van der Waals surface area contributed by atoms with E-state index in [2.05, 4.69) is 23.8 Å². The molecule has 1 heterocycles. The zero-order valence-electron chi connectivity index (χ0n) is 12.8. The number of thiocarbonyl (C=S) groups is 1. The second-order valence-electron chi connectivity index (χ2n) is 5.72. The van der Waals surface area contributed by atoms with Gasteiger partial charge >= 0.3 is 0 Å². The topological polar surface area (TPSA) is 32.5 Å². The molecule has 1 aromatic rings. The van der Waals surface area contributed by atoms with Gasteiger partial charge in [0.25, 0.3) is 0 Å². The zero-order valence-corrected chi connectivity index (χ0v) is 13.6. The number of rotatable bonds is 5. The summed E-state index contributed by atoms with van der Waals surface area (Å²) in [5.41, 5.74) is 6.57. The van der Waals surface area contributed by atoms with Gasteiger partial charge in [-0.3, -0.25) is 4.90 Å². The fourth-order valence-corrected chi connectivity index (χ4v) is 3.12. The van der Waals surface area contributed by atoms with Crippen LogP contribution in [0.3, 0.4) is 0 Å². The number of hydrogen-bond donors (Lipinski definition) is 1. The van der Waals surface area contributed by atoms with Crippen molar-refractivity contribution in [2.24, 2.45) is 5.73 Å². The highest BCUT2D eigenvalue weighted by Gasteiger charge is 2.22. The lowest BCUT2D eigenvalue weighted by molar-refractivity contribution is 0.126. The highest BCUT2D eigenvalue weighted by molar-refractivity contribution is 7.80. The smallest absolute Gasteiger partial charge is 0.137 e. The summed E-state index contributed by atoms with van der Waals surface area (Å²) in [5.74, 6) is -0.275. The van der Waals surface area contributed by atoms with Crippen molar-refractivity contribution in [1.29, 1.82) is 0 Å². The van der Waals surface area contributed by atoms with Crippen molar-refractivity contribution in [3.8, 4) is 0 Å². The molecule has 0 saturated carbocycles. The molecule has 21 heavy (non-hydrogen) atoms. The van der Waals surface area contributed by atoms with E-state index in [1.165, 1.54) is 0 Å². The molecule has 0 radical (unpaired) electrons. The third-order valence-electron chi connectivity index (χ3n) is 4.39. The van der Waals surface area contributed by atoms with E-state index in [1.54, 1.807) is 6.07 Å². The molecule has 1 aliphatic rings. The number of nitrogens with two attached hydrogens (primary N) is 1. The number of likely N-dealkylation sites (tertiary alicyclic amines) is 1. The molecule has 2 rings (SSSR count). The summed E-state index contributed by atoms with van der Waals surface area (Å²) >= 11 is 4.89. The van der Waals surface area contributed by atoms with Crippen LogP contribution in [0.15, 0.2) is 18.2 Å². The Morgan fingerprint density at radius 2 is 2.10 bits per heavy atom. The summed E-state index contributed by atoms with van der Waals surface area (Å²) in [6, 6.07) is 5.79. The minimum absolute atomic E-state index is 0.119. The summed E-state index contributed by atoms with van der Waals surface area (Å²) in [6.07, 6.45) is 2.28. The highest BCUT2D eigenvalue weighted by atomic mass is 32.1. The van der Waals surface area contributed by atoms with Gasteiger partial charge in [0.15, 0.2) is 0 Å². The molecule has 1 fully saturated rings. The Morgan fingerprint density at radius 1 is 1.43 bits per heavy atom. The first-order valence-electron chi connectivity index (χ1n) is 7.52. The molecule has 116 valence electrons. The zero-order chi connectivity index (χ0) is 15.4. The van der Waals surface area contributed by atoms with Crippen molar-refractivity contribution < 1.29 is 4.39 Å². The highest BCUT2D eigenvalue weighted by Crippen LogP contribution is 2.20. The Labute approximate surface area is 131 Å². The Bertz CT molecular complexity index is 498. The molecule has 0 spiro atoms. The van der Waals surface area contributed by atoms with E-state index in [0.717, 1.165) is 32.5 Å². The molecule has 0 aliphatic carbocycles. The van der Waals surface area contributed by atoms with Gasteiger partial charge in [0.2, 0.25) is 0 Å². The molecule has 5 heteroatoms. The summed E-state index contributed by atoms with van der Waals surface area (Å²) in [4.78, 5) is 4.82. The van der Waals surface area contributed by atoms with Crippen molar-refractivity contribution in [3.63, 3.8) is 0 Å². The molecule has 1 saturated heterocycles. The monoisotopic (exact) mass is 309 g/mol. The maximum atomic E-state index is 14.4. The Balaban J connectivity index is 2.02. The van der Waals surface area contributed by atoms with E-state index in [9.17, 15) is 4.39 Å². The fraction of sp³-hybridized carbons (Fsp3) is 0.562. The Kier molecular flexibility index (Phi) is 5.67. The number of nitrogens with zero attached hydrogens (tertiary/aromatic N) is 2. The minimum atomic E-state index is -0.275. The lowest BCUT2D eigenvalue weighted by Crippen LogP contribution is -2.43. The lowest BCUT2D eigenvalue weighted by Gasteiger charge is -2.36. The van der Waals surface area contributed by atoms with E-state index in [4.69, 9.17) is 18.0 Å². The van der Waals surface area contributed by atoms with Crippen LogP contribution >= 0.6 is 12.2 Å². The van der Waals surface area contributed by atoms with Crippen LogP contribution in [0.4, 0.5) is 4.39 Å². The largest absolute Gasteiger partial charge is 0.389 e. The number of benzene rings is 1. The first kappa shape index (κ1) is 16.3. The van der Waals surface area contributed by atoms with Crippen LogP contribution in [0.25, 0.3) is 0 Å². The molecule has 0 amide bonds. The maximum Gasteiger partial charge on any atom is 0.137 e. The van der Waals surface area contributed by atoms with Gasteiger partial charge in [0.05, 0.1) is 0 Å². The van der Waals surface area contributed by atoms with Crippen LogP contribution in [-0.2, 0) is 6.54 Å². The maximum absolute atomic E-state index is 14.4. The van der Waals surface area contributed by atoms with E-state index < -0.39 is 0 Å². The third-order valence-corrected chi connectivity index (χ3v) is 4.61. The van der Waals surface area contributed by atoms with Gasteiger partial charge in [0.1, 0.15) is 10.8 Å². The van der Waals surface area contributed by atoms with E-state index >= 15 is 0 Å². The van der Waals surface area contributed by atoms with E-state index in [-0.39, 0.29) is 10.8 Å². The van der Waals surface area contributed by atoms with Gasteiger partial charge < -0.3 is 10.6 Å². The van der Waals surface area contributed by atoms with Crippen LogP contribution in [0.2, 0.25) is 0 Å². The average molecular weight is 309 g/mol. The van der Waals surface area contributed by atoms with Crippen LogP contribution < -0.4 is 5.73 Å². The van der Waals surface area contributed by atoms with Gasteiger partial charge in [-0.1, -0.05) is 31.3 Å². The lowest BCUT2D eigenvalue weighted by atomic mass is 10.0. The molecular formula is C16H24FN3S. The van der Waals surface area contributed by atoms with Crippen LogP contribution in [0.1, 0.15) is 30.9 Å². The first-order chi connectivity index (χ1) is 10.0. The molecule has 1 aromatic carbocycles. The van der Waals surface area contributed by atoms with Gasteiger partial charge in [-0.15, -0.1) is 0 Å². The summed E-state index contributed by atoms with van der Waals surface area (Å²) in [5, 5.41) is 0. The summed E-state index contributed by atoms with van der Waals surface area (Å²) < 4.78 is 14.4. The SMILES string of the molecule is CCN1CCC(N(C)Cc2cccc(C(N)=S)c2F)CC1. The van der Waals surface area contributed by atoms with E-state index in [0.29, 0.717) is 23.7 Å². The predicted molar refractivity (Wildman–Crippen MR) is 88.9 cm³/mol. The first-order valence-corrected chi connectivity index (χ1v) is 7.93. The molecule has 3 nitrogen and oxygen atoms in total. The fourth-order valence-electron chi connectivity index (χ4n) is 2.97. The minimum Gasteiger partial charge on any atom is -0.389 e. The van der Waals surface area contributed by atoms with Crippen LogP contribution in [0, 0.1) is 5.82 Å². The predicted octanol–water partition coefficient (Wildman–Crippen LogP) is 2.38. The van der Waals surface area contributed by atoms with Crippen molar-refractivity contribution in [2.45, 2.75) is 32.4 Å². The number of halogens is 1. The molecule has 2 N–H and O–H groups in total. The summed E-state index contributed by atoms with van der Waals surface area (Å²) in [6.45, 7) is 6.16. The molecule has 0 atom stereocenters. The average Bonchev–Trinajstić information content (AvgIpc) is 2.49. The van der Waals surface area contributed by atoms with Crippen molar-refractivity contribution in [3.05, 3.63) is 35.1 Å². The van der Waals surface area contributed by atoms with Gasteiger partial charge in [-0.25, -0.2) is 4.39 Å². The van der Waals surface area contributed by atoms with Crippen LogP contribution in [-0.4, -0.2) is 47.5 Å². The standard InChI is InChI=1S/C16H24FN3S/c1-3-20-9-7-13(8-10-20)19(2)11-12-5-4-6-14(15(12)17)16(18)21/h4-6,13H,3,7-11H2,1-2H3,(H2,18,21). The van der Waals surface area contributed by atoms with Crippen molar-refractivity contribution in [2.75, 3.05) is 26.7 Å². The van der Waals surface area contributed by atoms with Crippen molar-refractivity contribution >= 4 is 17.2 Å². The molecule has 0 unspecified atom stereocenters. The van der Waals surface area contributed by atoms with Gasteiger partial charge in [-0.2, -0.15) is 0 Å². The summed E-state index contributed by atoms with van der Waals surface area (Å²) in [7, 11) is 2.07. The third kappa shape index (κ3) is 3.99. The molecule has 1 aliphatic heterocycles. The quantitative estimate of drug-likeness (QED) is 0.847.